The minimum atomic E-state index is -4.39. The van der Waals surface area contributed by atoms with Crippen molar-refractivity contribution < 1.29 is 13.2 Å². The van der Waals surface area contributed by atoms with Crippen molar-refractivity contribution in [2.24, 2.45) is 0 Å². The lowest BCUT2D eigenvalue weighted by Crippen LogP contribution is -2.05. The number of nitrogens with one attached hydrogen (secondary N) is 1. The van der Waals surface area contributed by atoms with Crippen LogP contribution in [-0.2, 0) is 6.18 Å². The molecule has 0 aliphatic heterocycles. The maximum absolute atomic E-state index is 12.7. The van der Waals surface area contributed by atoms with Crippen molar-refractivity contribution in [2.75, 3.05) is 5.32 Å². The zero-order valence-corrected chi connectivity index (χ0v) is 11.8. The maximum atomic E-state index is 12.7. The largest absolute Gasteiger partial charge is 0.416 e. The highest BCUT2D eigenvalue weighted by atomic mass is 32.1. The molecule has 2 heterocycles. The molecule has 3 rings (SSSR count). The lowest BCUT2D eigenvalue weighted by molar-refractivity contribution is -0.137. The summed E-state index contributed by atoms with van der Waals surface area (Å²) < 4.78 is 38.1. The molecule has 0 amide bonds. The molecule has 0 atom stereocenters. The van der Waals surface area contributed by atoms with Crippen LogP contribution >= 0.6 is 11.3 Å². The van der Waals surface area contributed by atoms with Gasteiger partial charge < -0.3 is 5.32 Å². The van der Waals surface area contributed by atoms with E-state index in [4.69, 9.17) is 0 Å². The number of hydrogen-bond acceptors (Lipinski definition) is 5. The zero-order chi connectivity index (χ0) is 15.6. The molecule has 0 bridgehead atoms. The third-order valence-corrected chi connectivity index (χ3v) is 3.55. The third kappa shape index (κ3) is 3.22. The fourth-order valence-corrected chi connectivity index (χ4v) is 2.40. The summed E-state index contributed by atoms with van der Waals surface area (Å²) in [4.78, 5) is 12.4. The molecule has 8 heteroatoms. The first-order chi connectivity index (χ1) is 10.5. The van der Waals surface area contributed by atoms with Gasteiger partial charge in [0.2, 0.25) is 5.95 Å². The van der Waals surface area contributed by atoms with E-state index >= 15 is 0 Å². The second kappa shape index (κ2) is 5.72. The van der Waals surface area contributed by atoms with Crippen LogP contribution in [0.5, 0.6) is 0 Å². The van der Waals surface area contributed by atoms with Gasteiger partial charge in [0.1, 0.15) is 10.7 Å². The Balaban J connectivity index is 1.86. The summed E-state index contributed by atoms with van der Waals surface area (Å²) in [6, 6.07) is 6.57. The van der Waals surface area contributed by atoms with Gasteiger partial charge in [-0.15, -0.1) is 11.3 Å². The van der Waals surface area contributed by atoms with Crippen LogP contribution < -0.4 is 5.32 Å². The molecule has 112 valence electrons. The van der Waals surface area contributed by atoms with Gasteiger partial charge in [0.05, 0.1) is 5.56 Å². The Morgan fingerprint density at radius 2 is 1.91 bits per heavy atom. The Labute approximate surface area is 127 Å². The molecule has 0 unspecified atom stereocenters. The maximum Gasteiger partial charge on any atom is 0.416 e. The van der Waals surface area contributed by atoms with E-state index in [1.807, 2.05) is 5.38 Å². The molecule has 1 aromatic carbocycles. The van der Waals surface area contributed by atoms with Gasteiger partial charge in [-0.25, -0.2) is 15.0 Å². The van der Waals surface area contributed by atoms with Crippen molar-refractivity contribution in [3.8, 4) is 10.7 Å². The summed E-state index contributed by atoms with van der Waals surface area (Å²) in [5, 5.41) is 5.31. The molecule has 0 saturated carbocycles. The topological polar surface area (TPSA) is 50.7 Å². The molecule has 0 aliphatic rings. The van der Waals surface area contributed by atoms with Crippen molar-refractivity contribution in [3.05, 3.63) is 53.7 Å². The molecule has 3 aromatic rings. The SMILES string of the molecule is FC(F)(F)c1cccc(Nc2nccc(-c3nccs3)n2)c1. The predicted molar refractivity (Wildman–Crippen MR) is 77.9 cm³/mol. The fourth-order valence-electron chi connectivity index (χ4n) is 1.79. The van der Waals surface area contributed by atoms with E-state index in [0.29, 0.717) is 5.69 Å². The number of rotatable bonds is 3. The predicted octanol–water partition coefficient (Wildman–Crippen LogP) is 4.36. The molecular formula is C14H9F3N4S. The molecule has 2 aromatic heterocycles. The molecule has 0 radical (unpaired) electrons. The molecule has 0 spiro atoms. The molecule has 1 N–H and O–H groups in total. The summed E-state index contributed by atoms with van der Waals surface area (Å²) >= 11 is 1.42. The second-order valence-corrected chi connectivity index (χ2v) is 5.20. The van der Waals surface area contributed by atoms with Crippen LogP contribution in [0.4, 0.5) is 24.8 Å². The van der Waals surface area contributed by atoms with Crippen LogP contribution in [0, 0.1) is 0 Å². The lowest BCUT2D eigenvalue weighted by Gasteiger charge is -2.10. The highest BCUT2D eigenvalue weighted by Crippen LogP contribution is 2.31. The highest BCUT2D eigenvalue weighted by molar-refractivity contribution is 7.13. The zero-order valence-electron chi connectivity index (χ0n) is 11.0. The first-order valence-electron chi connectivity index (χ1n) is 6.19. The average Bonchev–Trinajstić information content (AvgIpc) is 3.01. The molecule has 22 heavy (non-hydrogen) atoms. The van der Waals surface area contributed by atoms with Crippen molar-refractivity contribution >= 4 is 23.0 Å². The number of hydrogen-bond donors (Lipinski definition) is 1. The van der Waals surface area contributed by atoms with Crippen LogP contribution in [0.15, 0.2) is 48.1 Å². The van der Waals surface area contributed by atoms with Gasteiger partial charge in [-0.2, -0.15) is 13.2 Å². The first-order valence-corrected chi connectivity index (χ1v) is 7.07. The normalized spacial score (nSPS) is 11.4. The fraction of sp³-hybridized carbons (Fsp3) is 0.0714. The number of anilines is 2. The summed E-state index contributed by atoms with van der Waals surface area (Å²) in [7, 11) is 0. The monoisotopic (exact) mass is 322 g/mol. The van der Waals surface area contributed by atoms with Crippen LogP contribution in [0.1, 0.15) is 5.56 Å². The van der Waals surface area contributed by atoms with E-state index < -0.39 is 11.7 Å². The Bertz CT molecular complexity index is 772. The van der Waals surface area contributed by atoms with Crippen molar-refractivity contribution in [3.63, 3.8) is 0 Å². The van der Waals surface area contributed by atoms with Gasteiger partial charge in [-0.3, -0.25) is 0 Å². The Kier molecular flexibility index (Phi) is 3.76. The standard InChI is InChI=1S/C14H9F3N4S/c15-14(16,17)9-2-1-3-10(8-9)20-13-19-5-4-11(21-13)12-18-6-7-22-12/h1-8H,(H,19,20,21). The van der Waals surface area contributed by atoms with E-state index in [2.05, 4.69) is 20.3 Å². The van der Waals surface area contributed by atoms with Gasteiger partial charge in [0.15, 0.2) is 0 Å². The Morgan fingerprint density at radius 3 is 2.64 bits per heavy atom. The number of aromatic nitrogens is 3. The van der Waals surface area contributed by atoms with Crippen molar-refractivity contribution in [2.45, 2.75) is 6.18 Å². The molecule has 4 nitrogen and oxygen atoms in total. The van der Waals surface area contributed by atoms with Crippen LogP contribution in [0.2, 0.25) is 0 Å². The van der Waals surface area contributed by atoms with Gasteiger partial charge in [0.25, 0.3) is 0 Å². The lowest BCUT2D eigenvalue weighted by atomic mass is 10.2. The summed E-state index contributed by atoms with van der Waals surface area (Å²) in [6.45, 7) is 0. The van der Waals surface area contributed by atoms with Gasteiger partial charge in [-0.05, 0) is 24.3 Å². The number of benzene rings is 1. The highest BCUT2D eigenvalue weighted by Gasteiger charge is 2.30. The number of thiazole rings is 1. The van der Waals surface area contributed by atoms with E-state index in [1.54, 1.807) is 12.3 Å². The van der Waals surface area contributed by atoms with Gasteiger partial charge >= 0.3 is 6.18 Å². The number of nitrogens with zero attached hydrogens (tertiary/aromatic N) is 3. The summed E-state index contributed by atoms with van der Waals surface area (Å²) in [5.74, 6) is 0.215. The van der Waals surface area contributed by atoms with Gasteiger partial charge in [-0.1, -0.05) is 6.07 Å². The average molecular weight is 322 g/mol. The Hall–Kier alpha value is -2.48. The molecular weight excluding hydrogens is 313 g/mol. The third-order valence-electron chi connectivity index (χ3n) is 2.75. The molecule has 0 fully saturated rings. The van der Waals surface area contributed by atoms with Crippen LogP contribution in [-0.4, -0.2) is 15.0 Å². The van der Waals surface area contributed by atoms with E-state index in [9.17, 15) is 13.2 Å². The van der Waals surface area contributed by atoms with Crippen molar-refractivity contribution in [1.82, 2.24) is 15.0 Å². The minimum Gasteiger partial charge on any atom is -0.324 e. The van der Waals surface area contributed by atoms with E-state index in [0.717, 1.165) is 17.1 Å². The quantitative estimate of drug-likeness (QED) is 0.778. The molecule has 0 saturated heterocycles. The van der Waals surface area contributed by atoms with Gasteiger partial charge in [0, 0.05) is 23.5 Å². The van der Waals surface area contributed by atoms with Crippen LogP contribution in [0.25, 0.3) is 10.7 Å². The summed E-state index contributed by atoms with van der Waals surface area (Å²) in [5.41, 5.74) is 0.152. The van der Waals surface area contributed by atoms with E-state index in [1.165, 1.54) is 29.7 Å². The van der Waals surface area contributed by atoms with Crippen molar-refractivity contribution in [1.29, 1.82) is 0 Å². The number of alkyl halides is 3. The van der Waals surface area contributed by atoms with Crippen LogP contribution in [0.3, 0.4) is 0 Å². The van der Waals surface area contributed by atoms with E-state index in [-0.39, 0.29) is 11.6 Å². The summed E-state index contributed by atoms with van der Waals surface area (Å²) in [6.07, 6.45) is -1.21. The first kappa shape index (κ1) is 14.5. The smallest absolute Gasteiger partial charge is 0.324 e. The molecule has 0 aliphatic carbocycles. The number of halogens is 3. The minimum absolute atomic E-state index is 0.215. The Morgan fingerprint density at radius 1 is 1.05 bits per heavy atom. The second-order valence-electron chi connectivity index (χ2n) is 4.31.